The van der Waals surface area contributed by atoms with E-state index in [-0.39, 0.29) is 11.9 Å². The SMILES string of the molecule is COc1cc(-c2cc(C(=O)O)on2)ccc1OC1CN(C)C1. The van der Waals surface area contributed by atoms with Gasteiger partial charge in [0.15, 0.2) is 11.5 Å². The molecular formula is C15H16N2O5. The Morgan fingerprint density at radius 2 is 2.14 bits per heavy atom. The number of likely N-dealkylation sites (tertiary alicyclic amines) is 1. The zero-order chi connectivity index (χ0) is 15.7. The summed E-state index contributed by atoms with van der Waals surface area (Å²) in [5, 5.41) is 12.6. The van der Waals surface area contributed by atoms with Crippen LogP contribution >= 0.6 is 0 Å². The quantitative estimate of drug-likeness (QED) is 0.900. The van der Waals surface area contributed by atoms with Crippen molar-refractivity contribution in [3.8, 4) is 22.8 Å². The molecule has 1 aliphatic heterocycles. The third-order valence-electron chi connectivity index (χ3n) is 3.50. The van der Waals surface area contributed by atoms with E-state index in [0.29, 0.717) is 22.8 Å². The maximum Gasteiger partial charge on any atom is 0.374 e. The minimum atomic E-state index is -1.15. The Balaban J connectivity index is 1.82. The second-order valence-electron chi connectivity index (χ2n) is 5.21. The lowest BCUT2D eigenvalue weighted by Crippen LogP contribution is -2.51. The van der Waals surface area contributed by atoms with Gasteiger partial charge in [-0.3, -0.25) is 4.90 Å². The van der Waals surface area contributed by atoms with Crippen LogP contribution in [0.15, 0.2) is 28.8 Å². The predicted molar refractivity (Wildman–Crippen MR) is 77.4 cm³/mol. The molecule has 0 radical (unpaired) electrons. The van der Waals surface area contributed by atoms with E-state index >= 15 is 0 Å². The van der Waals surface area contributed by atoms with Crippen LogP contribution in [0.25, 0.3) is 11.3 Å². The Hall–Kier alpha value is -2.54. The van der Waals surface area contributed by atoms with Gasteiger partial charge in [0, 0.05) is 24.7 Å². The number of ether oxygens (including phenoxy) is 2. The van der Waals surface area contributed by atoms with Gasteiger partial charge < -0.3 is 19.1 Å². The number of carboxylic acids is 1. The third-order valence-corrected chi connectivity index (χ3v) is 3.50. The van der Waals surface area contributed by atoms with E-state index in [4.69, 9.17) is 19.1 Å². The van der Waals surface area contributed by atoms with Crippen LogP contribution in [0.5, 0.6) is 11.5 Å². The zero-order valence-corrected chi connectivity index (χ0v) is 12.3. The summed E-state index contributed by atoms with van der Waals surface area (Å²) in [6, 6.07) is 6.71. The van der Waals surface area contributed by atoms with Crippen molar-refractivity contribution >= 4 is 5.97 Å². The lowest BCUT2D eigenvalue weighted by molar-refractivity contribution is 0.0370. The zero-order valence-electron chi connectivity index (χ0n) is 12.3. The van der Waals surface area contributed by atoms with Crippen molar-refractivity contribution in [2.75, 3.05) is 27.2 Å². The van der Waals surface area contributed by atoms with Crippen LogP contribution in [0.1, 0.15) is 10.6 Å². The first kappa shape index (κ1) is 14.4. The van der Waals surface area contributed by atoms with Crippen LogP contribution in [0.3, 0.4) is 0 Å². The summed E-state index contributed by atoms with van der Waals surface area (Å²) in [5.41, 5.74) is 1.14. The van der Waals surface area contributed by atoms with E-state index in [1.54, 1.807) is 25.3 Å². The maximum atomic E-state index is 10.8. The van der Waals surface area contributed by atoms with Crippen LogP contribution in [0.4, 0.5) is 0 Å². The van der Waals surface area contributed by atoms with Gasteiger partial charge >= 0.3 is 5.97 Å². The molecule has 1 N–H and O–H groups in total. The lowest BCUT2D eigenvalue weighted by atomic mass is 10.1. The van der Waals surface area contributed by atoms with Gasteiger partial charge in [0.05, 0.1) is 7.11 Å². The number of hydrogen-bond donors (Lipinski definition) is 1. The normalized spacial score (nSPS) is 15.4. The highest BCUT2D eigenvalue weighted by molar-refractivity contribution is 5.85. The summed E-state index contributed by atoms with van der Waals surface area (Å²) in [7, 11) is 3.59. The molecule has 0 saturated carbocycles. The topological polar surface area (TPSA) is 85.0 Å². The number of aromatic nitrogens is 1. The molecule has 2 aromatic rings. The monoisotopic (exact) mass is 304 g/mol. The van der Waals surface area contributed by atoms with Gasteiger partial charge in [-0.15, -0.1) is 0 Å². The van der Waals surface area contributed by atoms with E-state index in [2.05, 4.69) is 10.1 Å². The molecule has 1 fully saturated rings. The van der Waals surface area contributed by atoms with Crippen LogP contribution in [0.2, 0.25) is 0 Å². The summed E-state index contributed by atoms with van der Waals surface area (Å²) in [6.07, 6.45) is 0.162. The molecule has 22 heavy (non-hydrogen) atoms. The van der Waals surface area contributed by atoms with Crippen molar-refractivity contribution in [1.29, 1.82) is 0 Å². The van der Waals surface area contributed by atoms with Crippen molar-refractivity contribution in [3.63, 3.8) is 0 Å². The molecule has 0 bridgehead atoms. The highest BCUT2D eigenvalue weighted by Gasteiger charge is 2.26. The lowest BCUT2D eigenvalue weighted by Gasteiger charge is -2.36. The van der Waals surface area contributed by atoms with E-state index in [1.807, 2.05) is 7.05 Å². The van der Waals surface area contributed by atoms with Crippen molar-refractivity contribution in [2.24, 2.45) is 0 Å². The number of likely N-dealkylation sites (N-methyl/N-ethyl adjacent to an activating group) is 1. The second-order valence-corrected chi connectivity index (χ2v) is 5.21. The number of hydrogen-bond acceptors (Lipinski definition) is 6. The average Bonchev–Trinajstić information content (AvgIpc) is 2.96. The summed E-state index contributed by atoms with van der Waals surface area (Å²) in [4.78, 5) is 13.0. The Morgan fingerprint density at radius 1 is 1.36 bits per heavy atom. The summed E-state index contributed by atoms with van der Waals surface area (Å²) < 4.78 is 16.0. The summed E-state index contributed by atoms with van der Waals surface area (Å²) in [5.74, 6) is -0.121. The van der Waals surface area contributed by atoms with Crippen LogP contribution in [0, 0.1) is 0 Å². The maximum absolute atomic E-state index is 10.8. The molecule has 7 heteroatoms. The predicted octanol–water partition coefficient (Wildman–Crippen LogP) is 1.74. The molecule has 0 spiro atoms. The second kappa shape index (κ2) is 5.69. The van der Waals surface area contributed by atoms with Crippen LogP contribution in [-0.2, 0) is 0 Å². The molecule has 2 heterocycles. The molecule has 1 saturated heterocycles. The number of aromatic carboxylic acids is 1. The molecule has 0 aliphatic carbocycles. The minimum Gasteiger partial charge on any atom is -0.493 e. The number of carbonyl (C=O) groups is 1. The van der Waals surface area contributed by atoms with E-state index in [9.17, 15) is 4.79 Å². The van der Waals surface area contributed by atoms with E-state index < -0.39 is 5.97 Å². The summed E-state index contributed by atoms with van der Waals surface area (Å²) in [6.45, 7) is 1.77. The third kappa shape index (κ3) is 2.75. The van der Waals surface area contributed by atoms with Gasteiger partial charge in [-0.25, -0.2) is 4.79 Å². The number of carboxylic acid groups (broad SMARTS) is 1. The van der Waals surface area contributed by atoms with E-state index in [0.717, 1.165) is 13.1 Å². The van der Waals surface area contributed by atoms with Crippen LogP contribution < -0.4 is 9.47 Å². The smallest absolute Gasteiger partial charge is 0.374 e. The number of rotatable bonds is 5. The molecule has 116 valence electrons. The first-order valence-electron chi connectivity index (χ1n) is 6.80. The first-order chi connectivity index (χ1) is 10.6. The Kier molecular flexibility index (Phi) is 3.72. The molecular weight excluding hydrogens is 288 g/mol. The fourth-order valence-corrected chi connectivity index (χ4v) is 2.33. The summed E-state index contributed by atoms with van der Waals surface area (Å²) >= 11 is 0. The van der Waals surface area contributed by atoms with Gasteiger partial charge in [-0.2, -0.15) is 0 Å². The van der Waals surface area contributed by atoms with E-state index in [1.165, 1.54) is 6.07 Å². The van der Waals surface area contributed by atoms with Gasteiger partial charge in [0.25, 0.3) is 0 Å². The van der Waals surface area contributed by atoms with Gasteiger partial charge in [0.1, 0.15) is 11.8 Å². The largest absolute Gasteiger partial charge is 0.493 e. The fourth-order valence-electron chi connectivity index (χ4n) is 2.33. The van der Waals surface area contributed by atoms with Crippen LogP contribution in [-0.4, -0.2) is 54.5 Å². The Labute approximate surface area is 127 Å². The molecule has 0 unspecified atom stereocenters. The number of nitrogens with zero attached hydrogens (tertiary/aromatic N) is 2. The highest BCUT2D eigenvalue weighted by atomic mass is 16.5. The fraction of sp³-hybridized carbons (Fsp3) is 0.333. The van der Waals surface area contributed by atoms with Crippen molar-refractivity contribution in [2.45, 2.75) is 6.10 Å². The number of benzene rings is 1. The highest BCUT2D eigenvalue weighted by Crippen LogP contribution is 2.33. The number of methoxy groups -OCH3 is 1. The minimum absolute atomic E-state index is 0.162. The average molecular weight is 304 g/mol. The molecule has 0 amide bonds. The molecule has 1 aliphatic rings. The standard InChI is InChI=1S/C15H16N2O5/c1-17-7-10(8-17)21-12-4-3-9(5-13(12)20-2)11-6-14(15(18)19)22-16-11/h3-6,10H,7-8H2,1-2H3,(H,18,19). The Morgan fingerprint density at radius 3 is 2.73 bits per heavy atom. The molecule has 1 aromatic carbocycles. The van der Waals surface area contributed by atoms with Crippen molar-refractivity contribution in [3.05, 3.63) is 30.0 Å². The van der Waals surface area contributed by atoms with Crippen molar-refractivity contribution < 1.29 is 23.9 Å². The molecule has 3 rings (SSSR count). The molecule has 0 atom stereocenters. The van der Waals surface area contributed by atoms with Crippen molar-refractivity contribution in [1.82, 2.24) is 10.1 Å². The molecule has 1 aromatic heterocycles. The first-order valence-corrected chi connectivity index (χ1v) is 6.80. The van der Waals surface area contributed by atoms with Gasteiger partial charge in [-0.05, 0) is 25.2 Å². The van der Waals surface area contributed by atoms with Gasteiger partial charge in [0.2, 0.25) is 5.76 Å². The van der Waals surface area contributed by atoms with Gasteiger partial charge in [-0.1, -0.05) is 5.16 Å². The Bertz CT molecular complexity index is 691. The molecule has 7 nitrogen and oxygen atoms in total.